The molecular formula is C10H18O6. The summed E-state index contributed by atoms with van der Waals surface area (Å²) < 4.78 is 8.94. The van der Waals surface area contributed by atoms with Gasteiger partial charge >= 0.3 is 11.9 Å². The van der Waals surface area contributed by atoms with Gasteiger partial charge < -0.3 is 19.7 Å². The van der Waals surface area contributed by atoms with E-state index >= 15 is 0 Å². The molecule has 0 atom stereocenters. The molecule has 0 aromatic rings. The molecule has 2 N–H and O–H groups in total. The Labute approximate surface area is 94.2 Å². The zero-order valence-electron chi connectivity index (χ0n) is 9.94. The standard InChI is InChI=1S/C10H18O6/c1-9(2,7(13)15-5-11)10(3,4)8(14)16-6-12/h11-12H,5-6H2,1-4H3. The number of hydrogen-bond donors (Lipinski definition) is 2. The van der Waals surface area contributed by atoms with Crippen LogP contribution in [0.1, 0.15) is 27.7 Å². The molecule has 0 aromatic heterocycles. The number of esters is 2. The average molecular weight is 234 g/mol. The largest absolute Gasteiger partial charge is 0.438 e. The number of hydrogen-bond acceptors (Lipinski definition) is 6. The summed E-state index contributed by atoms with van der Waals surface area (Å²) in [6, 6.07) is 0. The van der Waals surface area contributed by atoms with E-state index in [2.05, 4.69) is 9.47 Å². The lowest BCUT2D eigenvalue weighted by Crippen LogP contribution is -2.46. The van der Waals surface area contributed by atoms with Gasteiger partial charge in [0.25, 0.3) is 0 Å². The van der Waals surface area contributed by atoms with Crippen molar-refractivity contribution in [3.63, 3.8) is 0 Å². The maximum atomic E-state index is 11.6. The Kier molecular flexibility index (Phi) is 4.89. The smallest absolute Gasteiger partial charge is 0.314 e. The molecule has 16 heavy (non-hydrogen) atoms. The van der Waals surface area contributed by atoms with Crippen molar-refractivity contribution in [2.45, 2.75) is 27.7 Å². The van der Waals surface area contributed by atoms with Crippen LogP contribution in [0.2, 0.25) is 0 Å². The Morgan fingerprint density at radius 1 is 0.875 bits per heavy atom. The summed E-state index contributed by atoms with van der Waals surface area (Å²) in [5, 5.41) is 17.0. The Balaban J connectivity index is 4.96. The second-order valence-electron chi connectivity index (χ2n) is 4.37. The number of aliphatic hydroxyl groups is 2. The topological polar surface area (TPSA) is 93.1 Å². The fourth-order valence-electron chi connectivity index (χ4n) is 0.988. The summed E-state index contributed by atoms with van der Waals surface area (Å²) in [6.45, 7) is 4.53. The molecule has 0 spiro atoms. The van der Waals surface area contributed by atoms with Gasteiger partial charge in [0.2, 0.25) is 0 Å². The molecule has 0 aromatic carbocycles. The molecule has 0 radical (unpaired) electrons. The van der Waals surface area contributed by atoms with Crippen molar-refractivity contribution in [1.29, 1.82) is 0 Å². The first-order chi connectivity index (χ1) is 7.21. The molecule has 0 saturated heterocycles. The highest BCUT2D eigenvalue weighted by atomic mass is 16.6. The highest BCUT2D eigenvalue weighted by molar-refractivity contribution is 5.87. The summed E-state index contributed by atoms with van der Waals surface area (Å²) in [7, 11) is 0. The highest BCUT2D eigenvalue weighted by Crippen LogP contribution is 2.40. The molecule has 94 valence electrons. The van der Waals surface area contributed by atoms with Gasteiger partial charge in [-0.15, -0.1) is 0 Å². The molecule has 0 unspecified atom stereocenters. The van der Waals surface area contributed by atoms with E-state index in [4.69, 9.17) is 10.2 Å². The summed E-state index contributed by atoms with van der Waals surface area (Å²) in [5.41, 5.74) is -2.36. The zero-order chi connectivity index (χ0) is 13.0. The minimum absolute atomic E-state index is 0.713. The van der Waals surface area contributed by atoms with Crippen molar-refractivity contribution in [1.82, 2.24) is 0 Å². The molecule has 0 aliphatic heterocycles. The Hall–Kier alpha value is -1.14. The third kappa shape index (κ3) is 2.70. The van der Waals surface area contributed by atoms with Gasteiger partial charge in [-0.05, 0) is 27.7 Å². The van der Waals surface area contributed by atoms with Gasteiger partial charge in [0.05, 0.1) is 10.8 Å². The lowest BCUT2D eigenvalue weighted by atomic mass is 9.68. The van der Waals surface area contributed by atoms with Crippen molar-refractivity contribution in [2.24, 2.45) is 10.8 Å². The Morgan fingerprint density at radius 2 is 1.12 bits per heavy atom. The second kappa shape index (κ2) is 5.27. The fraction of sp³-hybridized carbons (Fsp3) is 0.800. The molecule has 0 aliphatic carbocycles. The predicted molar refractivity (Wildman–Crippen MR) is 53.9 cm³/mol. The van der Waals surface area contributed by atoms with Crippen molar-refractivity contribution >= 4 is 11.9 Å². The number of carbonyl (C=O) groups is 2. The molecule has 0 heterocycles. The molecule has 6 heteroatoms. The van der Waals surface area contributed by atoms with Crippen LogP contribution in [-0.4, -0.2) is 35.7 Å². The molecule has 0 aliphatic rings. The SMILES string of the molecule is CC(C)(C(=O)OCO)C(C)(C)C(=O)OCO. The van der Waals surface area contributed by atoms with Crippen LogP contribution >= 0.6 is 0 Å². The van der Waals surface area contributed by atoms with Crippen molar-refractivity contribution in [3.05, 3.63) is 0 Å². The fourth-order valence-corrected chi connectivity index (χ4v) is 0.988. The number of ether oxygens (including phenoxy) is 2. The summed E-state index contributed by atoms with van der Waals surface area (Å²) in [6.07, 6.45) is 0. The van der Waals surface area contributed by atoms with Crippen LogP contribution in [0.3, 0.4) is 0 Å². The minimum atomic E-state index is -1.18. The quantitative estimate of drug-likeness (QED) is 0.514. The normalized spacial score (nSPS) is 12.1. The summed E-state index contributed by atoms with van der Waals surface area (Å²) in [5.74, 6) is -1.43. The predicted octanol–water partition coefficient (Wildman–Crippen LogP) is 0.0248. The third-order valence-corrected chi connectivity index (χ3v) is 2.97. The number of aliphatic hydroxyl groups excluding tert-OH is 2. The summed E-state index contributed by atoms with van der Waals surface area (Å²) in [4.78, 5) is 23.1. The molecule has 0 amide bonds. The van der Waals surface area contributed by atoms with Crippen LogP contribution in [0, 0.1) is 10.8 Å². The van der Waals surface area contributed by atoms with Crippen LogP contribution in [0.25, 0.3) is 0 Å². The Bertz CT molecular complexity index is 240. The van der Waals surface area contributed by atoms with E-state index in [-0.39, 0.29) is 0 Å². The maximum Gasteiger partial charge on any atom is 0.314 e. The molecule has 0 saturated carbocycles. The van der Waals surface area contributed by atoms with Gasteiger partial charge in [-0.2, -0.15) is 0 Å². The molecule has 0 bridgehead atoms. The zero-order valence-corrected chi connectivity index (χ0v) is 9.94. The van der Waals surface area contributed by atoms with E-state index in [0.29, 0.717) is 0 Å². The monoisotopic (exact) mass is 234 g/mol. The van der Waals surface area contributed by atoms with Crippen molar-refractivity contribution < 1.29 is 29.3 Å². The molecule has 0 fully saturated rings. The van der Waals surface area contributed by atoms with Gasteiger partial charge in [0, 0.05) is 0 Å². The molecule has 0 rings (SSSR count). The van der Waals surface area contributed by atoms with Crippen molar-refractivity contribution in [2.75, 3.05) is 13.6 Å². The van der Waals surface area contributed by atoms with E-state index < -0.39 is 36.4 Å². The lowest BCUT2D eigenvalue weighted by molar-refractivity contribution is -0.184. The van der Waals surface area contributed by atoms with Gasteiger partial charge in [-0.25, -0.2) is 0 Å². The van der Waals surface area contributed by atoms with E-state index in [1.165, 1.54) is 27.7 Å². The van der Waals surface area contributed by atoms with E-state index in [1.807, 2.05) is 0 Å². The maximum absolute atomic E-state index is 11.6. The second-order valence-corrected chi connectivity index (χ2v) is 4.37. The molecule has 6 nitrogen and oxygen atoms in total. The van der Waals surface area contributed by atoms with Crippen LogP contribution in [-0.2, 0) is 19.1 Å². The first-order valence-electron chi connectivity index (χ1n) is 4.78. The minimum Gasteiger partial charge on any atom is -0.438 e. The van der Waals surface area contributed by atoms with Gasteiger partial charge in [0.1, 0.15) is 0 Å². The van der Waals surface area contributed by atoms with Gasteiger partial charge in [0.15, 0.2) is 13.6 Å². The van der Waals surface area contributed by atoms with E-state index in [1.54, 1.807) is 0 Å². The first-order valence-corrected chi connectivity index (χ1v) is 4.78. The third-order valence-electron chi connectivity index (χ3n) is 2.97. The van der Waals surface area contributed by atoms with Crippen LogP contribution in [0.15, 0.2) is 0 Å². The lowest BCUT2D eigenvalue weighted by Gasteiger charge is -2.36. The van der Waals surface area contributed by atoms with E-state index in [9.17, 15) is 9.59 Å². The first kappa shape index (κ1) is 14.9. The van der Waals surface area contributed by atoms with Crippen molar-refractivity contribution in [3.8, 4) is 0 Å². The number of carbonyl (C=O) groups excluding carboxylic acids is 2. The Morgan fingerprint density at radius 3 is 1.31 bits per heavy atom. The van der Waals surface area contributed by atoms with Crippen LogP contribution in [0.5, 0.6) is 0 Å². The highest BCUT2D eigenvalue weighted by Gasteiger charge is 2.50. The molecular weight excluding hydrogens is 216 g/mol. The van der Waals surface area contributed by atoms with E-state index in [0.717, 1.165) is 0 Å². The van der Waals surface area contributed by atoms with Gasteiger partial charge in [-0.1, -0.05) is 0 Å². The van der Waals surface area contributed by atoms with Crippen LogP contribution < -0.4 is 0 Å². The van der Waals surface area contributed by atoms with Gasteiger partial charge in [-0.3, -0.25) is 9.59 Å². The average Bonchev–Trinajstić information content (AvgIpc) is 2.18. The number of rotatable bonds is 5. The van der Waals surface area contributed by atoms with Crippen LogP contribution in [0.4, 0.5) is 0 Å². The summed E-state index contributed by atoms with van der Waals surface area (Å²) >= 11 is 0.